The number of amides is 1. The average molecular weight is 250 g/mol. The van der Waals surface area contributed by atoms with Crippen molar-refractivity contribution in [2.45, 2.75) is 31.1 Å². The van der Waals surface area contributed by atoms with E-state index in [4.69, 9.17) is 11.6 Å². The molecule has 3 rings (SSSR count). The van der Waals surface area contributed by atoms with Gasteiger partial charge >= 0.3 is 0 Å². The number of carbonyl (C=O) groups is 1. The molecule has 1 saturated carbocycles. The number of hydrogen-bond donors (Lipinski definition) is 0. The van der Waals surface area contributed by atoms with E-state index in [2.05, 4.69) is 0 Å². The lowest BCUT2D eigenvalue weighted by molar-refractivity contribution is -0.132. The SMILES string of the molecule is O=C(N1CCCC1)C1(c2ccccc2Cl)CC1. The molecule has 0 bridgehead atoms. The molecule has 2 fully saturated rings. The van der Waals surface area contributed by atoms with Crippen LogP contribution in [0.1, 0.15) is 31.2 Å². The van der Waals surface area contributed by atoms with Crippen molar-refractivity contribution in [2.75, 3.05) is 13.1 Å². The second-order valence-corrected chi connectivity index (χ2v) is 5.47. The predicted molar refractivity (Wildman–Crippen MR) is 68.2 cm³/mol. The molecule has 0 spiro atoms. The largest absolute Gasteiger partial charge is 0.342 e. The first kappa shape index (κ1) is 11.1. The molecule has 0 aromatic heterocycles. The van der Waals surface area contributed by atoms with Crippen LogP contribution in [0.15, 0.2) is 24.3 Å². The van der Waals surface area contributed by atoms with Gasteiger partial charge in [-0.25, -0.2) is 0 Å². The van der Waals surface area contributed by atoms with Crippen LogP contribution in [0.2, 0.25) is 5.02 Å². The predicted octanol–water partition coefficient (Wildman–Crippen LogP) is 2.99. The van der Waals surface area contributed by atoms with Crippen molar-refractivity contribution in [3.8, 4) is 0 Å². The number of benzene rings is 1. The molecule has 1 heterocycles. The summed E-state index contributed by atoms with van der Waals surface area (Å²) in [6, 6.07) is 7.78. The Bertz CT molecular complexity index is 447. The number of rotatable bonds is 2. The maximum atomic E-state index is 12.5. The Kier molecular flexibility index (Phi) is 2.62. The number of hydrogen-bond acceptors (Lipinski definition) is 1. The third-order valence-electron chi connectivity index (χ3n) is 3.94. The summed E-state index contributed by atoms with van der Waals surface area (Å²) in [4.78, 5) is 14.6. The van der Waals surface area contributed by atoms with Gasteiger partial charge in [-0.3, -0.25) is 4.79 Å². The van der Waals surface area contributed by atoms with Gasteiger partial charge in [0.15, 0.2) is 0 Å². The fourth-order valence-electron chi connectivity index (χ4n) is 2.80. The summed E-state index contributed by atoms with van der Waals surface area (Å²) in [6.07, 6.45) is 4.19. The molecule has 1 aliphatic carbocycles. The zero-order valence-corrected chi connectivity index (χ0v) is 10.5. The number of carbonyl (C=O) groups excluding carboxylic acids is 1. The Morgan fingerprint density at radius 2 is 1.82 bits per heavy atom. The first-order chi connectivity index (χ1) is 8.24. The minimum absolute atomic E-state index is 0.289. The van der Waals surface area contributed by atoms with Gasteiger partial charge in [0.2, 0.25) is 5.91 Å². The zero-order chi connectivity index (χ0) is 11.9. The quantitative estimate of drug-likeness (QED) is 0.789. The number of halogens is 1. The van der Waals surface area contributed by atoms with Crippen LogP contribution in [0, 0.1) is 0 Å². The Balaban J connectivity index is 1.91. The van der Waals surface area contributed by atoms with Gasteiger partial charge in [-0.2, -0.15) is 0 Å². The van der Waals surface area contributed by atoms with Crippen LogP contribution in [0.3, 0.4) is 0 Å². The Labute approximate surface area is 107 Å². The highest BCUT2D eigenvalue weighted by molar-refractivity contribution is 6.31. The van der Waals surface area contributed by atoms with Crippen LogP contribution in [0.4, 0.5) is 0 Å². The van der Waals surface area contributed by atoms with Gasteiger partial charge in [0.1, 0.15) is 0 Å². The van der Waals surface area contributed by atoms with Crippen molar-refractivity contribution in [1.82, 2.24) is 4.90 Å². The molecule has 1 amide bonds. The third-order valence-corrected chi connectivity index (χ3v) is 4.27. The van der Waals surface area contributed by atoms with Crippen LogP contribution in [-0.2, 0) is 10.2 Å². The third kappa shape index (κ3) is 1.75. The van der Waals surface area contributed by atoms with Gasteiger partial charge in [-0.1, -0.05) is 29.8 Å². The average Bonchev–Trinajstić information content (AvgIpc) is 2.96. The highest BCUT2D eigenvalue weighted by atomic mass is 35.5. The molecule has 3 heteroatoms. The van der Waals surface area contributed by atoms with Crippen LogP contribution in [-0.4, -0.2) is 23.9 Å². The molecule has 2 nitrogen and oxygen atoms in total. The maximum absolute atomic E-state index is 12.5. The van der Waals surface area contributed by atoms with E-state index in [9.17, 15) is 4.79 Å². The van der Waals surface area contributed by atoms with Crippen molar-refractivity contribution >= 4 is 17.5 Å². The van der Waals surface area contributed by atoms with Gasteiger partial charge < -0.3 is 4.90 Å². The first-order valence-electron chi connectivity index (χ1n) is 6.28. The maximum Gasteiger partial charge on any atom is 0.233 e. The highest BCUT2D eigenvalue weighted by Crippen LogP contribution is 2.51. The van der Waals surface area contributed by atoms with Crippen molar-refractivity contribution in [3.05, 3.63) is 34.9 Å². The van der Waals surface area contributed by atoms with E-state index in [1.807, 2.05) is 29.2 Å². The van der Waals surface area contributed by atoms with Gasteiger partial charge in [-0.05, 0) is 37.3 Å². The summed E-state index contributed by atoms with van der Waals surface area (Å²) >= 11 is 6.23. The van der Waals surface area contributed by atoms with E-state index in [0.717, 1.165) is 49.4 Å². The van der Waals surface area contributed by atoms with Gasteiger partial charge in [0.25, 0.3) is 0 Å². The molecule has 17 heavy (non-hydrogen) atoms. The zero-order valence-electron chi connectivity index (χ0n) is 9.79. The summed E-state index contributed by atoms with van der Waals surface area (Å²) in [5, 5.41) is 0.734. The fourth-order valence-corrected chi connectivity index (χ4v) is 3.11. The van der Waals surface area contributed by atoms with E-state index < -0.39 is 0 Å². The minimum Gasteiger partial charge on any atom is -0.342 e. The summed E-state index contributed by atoms with van der Waals surface area (Å²) in [7, 11) is 0. The van der Waals surface area contributed by atoms with Crippen LogP contribution in [0.5, 0.6) is 0 Å². The van der Waals surface area contributed by atoms with Crippen molar-refractivity contribution in [1.29, 1.82) is 0 Å². The first-order valence-corrected chi connectivity index (χ1v) is 6.66. The standard InChI is InChI=1S/C14H16ClNO/c15-12-6-2-1-5-11(12)14(7-8-14)13(17)16-9-3-4-10-16/h1-2,5-6H,3-4,7-10H2. The van der Waals surface area contributed by atoms with Gasteiger partial charge in [0.05, 0.1) is 5.41 Å². The van der Waals surface area contributed by atoms with E-state index in [-0.39, 0.29) is 5.41 Å². The molecule has 0 atom stereocenters. The van der Waals surface area contributed by atoms with Crippen molar-refractivity contribution in [2.24, 2.45) is 0 Å². The Morgan fingerprint density at radius 3 is 2.41 bits per heavy atom. The van der Waals surface area contributed by atoms with Crippen molar-refractivity contribution < 1.29 is 4.79 Å². The van der Waals surface area contributed by atoms with Gasteiger partial charge in [-0.15, -0.1) is 0 Å². The van der Waals surface area contributed by atoms with E-state index in [1.54, 1.807) is 0 Å². The van der Waals surface area contributed by atoms with E-state index >= 15 is 0 Å². The molecule has 90 valence electrons. The fraction of sp³-hybridized carbons (Fsp3) is 0.500. The second-order valence-electron chi connectivity index (χ2n) is 5.06. The molecule has 1 saturated heterocycles. The molecule has 0 radical (unpaired) electrons. The van der Waals surface area contributed by atoms with E-state index in [0.29, 0.717) is 5.91 Å². The lowest BCUT2D eigenvalue weighted by Crippen LogP contribution is -2.37. The molecule has 1 aromatic rings. The van der Waals surface area contributed by atoms with Crippen molar-refractivity contribution in [3.63, 3.8) is 0 Å². The Morgan fingerprint density at radius 1 is 1.18 bits per heavy atom. The normalized spacial score (nSPS) is 21.6. The molecular weight excluding hydrogens is 234 g/mol. The van der Waals surface area contributed by atoms with E-state index in [1.165, 1.54) is 0 Å². The molecular formula is C14H16ClNO. The smallest absolute Gasteiger partial charge is 0.233 e. The molecule has 1 aromatic carbocycles. The number of nitrogens with zero attached hydrogens (tertiary/aromatic N) is 1. The highest BCUT2D eigenvalue weighted by Gasteiger charge is 2.54. The molecule has 1 aliphatic heterocycles. The van der Waals surface area contributed by atoms with Crippen LogP contribution < -0.4 is 0 Å². The number of likely N-dealkylation sites (tertiary alicyclic amines) is 1. The summed E-state index contributed by atoms with van der Waals surface area (Å²) in [5.41, 5.74) is 0.737. The van der Waals surface area contributed by atoms with Crippen LogP contribution in [0.25, 0.3) is 0 Å². The molecule has 0 unspecified atom stereocenters. The second kappa shape index (κ2) is 4.02. The van der Waals surface area contributed by atoms with Gasteiger partial charge in [0, 0.05) is 18.1 Å². The lowest BCUT2D eigenvalue weighted by Gasteiger charge is -2.23. The van der Waals surface area contributed by atoms with Crippen LogP contribution >= 0.6 is 11.6 Å². The summed E-state index contributed by atoms with van der Waals surface area (Å²) in [5.74, 6) is 0.295. The lowest BCUT2D eigenvalue weighted by atomic mass is 9.94. The monoisotopic (exact) mass is 249 g/mol. The minimum atomic E-state index is -0.289. The molecule has 0 N–H and O–H groups in total. The Hall–Kier alpha value is -1.02. The topological polar surface area (TPSA) is 20.3 Å². The molecule has 2 aliphatic rings. The summed E-state index contributed by atoms with van der Waals surface area (Å²) < 4.78 is 0. The summed E-state index contributed by atoms with van der Waals surface area (Å²) in [6.45, 7) is 1.84.